The molecular weight excluding hydrogens is 220 g/mol. The lowest BCUT2D eigenvalue weighted by molar-refractivity contribution is -0.270. The molecule has 0 atom stereocenters. The molecule has 0 saturated carbocycles. The van der Waals surface area contributed by atoms with Crippen molar-refractivity contribution in [2.45, 2.75) is 11.8 Å². The Kier molecular flexibility index (Phi) is 3.75. The highest BCUT2D eigenvalue weighted by Crippen LogP contribution is 2.14. The number of pyridine rings is 1. The Balaban J connectivity index is 3.11. The summed E-state index contributed by atoms with van der Waals surface area (Å²) in [7, 11) is -1.40. The standard InChI is InChI=1S/C8H12N2O4S/c1-7-4-5-8(6-9-7)15(11,12)10(13-2)14-3/h4-6H,1-3H3. The minimum absolute atomic E-state index is 0.0109. The van der Waals surface area contributed by atoms with Gasteiger partial charge in [0.1, 0.15) is 4.90 Å². The summed E-state index contributed by atoms with van der Waals surface area (Å²) >= 11 is 0. The van der Waals surface area contributed by atoms with Gasteiger partial charge in [-0.1, -0.05) is 0 Å². The molecular formula is C8H12N2O4S. The Labute approximate surface area is 88.4 Å². The first kappa shape index (κ1) is 12.1. The molecule has 0 saturated heterocycles. The van der Waals surface area contributed by atoms with Gasteiger partial charge in [-0.25, -0.2) is 8.42 Å². The van der Waals surface area contributed by atoms with E-state index in [2.05, 4.69) is 14.7 Å². The molecule has 84 valence electrons. The molecule has 1 aromatic heterocycles. The zero-order valence-electron chi connectivity index (χ0n) is 8.67. The van der Waals surface area contributed by atoms with Gasteiger partial charge in [0.2, 0.25) is 0 Å². The summed E-state index contributed by atoms with van der Waals surface area (Å²) in [6, 6.07) is 3.03. The third-order valence-corrected chi connectivity index (χ3v) is 3.20. The second kappa shape index (κ2) is 4.67. The summed E-state index contributed by atoms with van der Waals surface area (Å²) in [4.78, 5) is 13.0. The van der Waals surface area contributed by atoms with Crippen LogP contribution in [-0.4, -0.2) is 32.3 Å². The summed E-state index contributed by atoms with van der Waals surface area (Å²) in [5, 5.41) is 0. The largest absolute Gasteiger partial charge is 0.290 e. The molecule has 0 aliphatic carbocycles. The van der Waals surface area contributed by atoms with Crippen molar-refractivity contribution in [1.82, 2.24) is 9.62 Å². The summed E-state index contributed by atoms with van der Waals surface area (Å²) in [5.41, 5.74) is 0.732. The molecule has 0 fully saturated rings. The van der Waals surface area contributed by atoms with Gasteiger partial charge < -0.3 is 0 Å². The van der Waals surface area contributed by atoms with Crippen LogP contribution in [0.25, 0.3) is 0 Å². The number of aromatic nitrogens is 1. The SMILES string of the molecule is CON(OC)S(=O)(=O)c1ccc(C)nc1. The number of aryl methyl sites for hydroxylation is 1. The fourth-order valence-corrected chi connectivity index (χ4v) is 1.95. The van der Waals surface area contributed by atoms with Gasteiger partial charge in [-0.05, 0) is 19.1 Å². The summed E-state index contributed by atoms with van der Waals surface area (Å²) in [5.74, 6) is 0. The molecule has 0 N–H and O–H groups in total. The molecule has 0 aliphatic heterocycles. The molecule has 1 heterocycles. The third kappa shape index (κ3) is 2.51. The monoisotopic (exact) mass is 232 g/mol. The number of rotatable bonds is 4. The van der Waals surface area contributed by atoms with Crippen LogP contribution in [0.5, 0.6) is 0 Å². The van der Waals surface area contributed by atoms with Gasteiger partial charge in [0.25, 0.3) is 10.0 Å². The van der Waals surface area contributed by atoms with E-state index in [0.717, 1.165) is 5.69 Å². The average Bonchev–Trinajstić information content (AvgIpc) is 2.19. The highest BCUT2D eigenvalue weighted by Gasteiger charge is 2.25. The smallest absolute Gasteiger partial charge is 0.264 e. The van der Waals surface area contributed by atoms with Crippen LogP contribution in [0.2, 0.25) is 0 Å². The first-order chi connectivity index (χ1) is 7.02. The van der Waals surface area contributed by atoms with Crippen LogP contribution >= 0.6 is 0 Å². The molecule has 0 aromatic carbocycles. The maximum atomic E-state index is 11.7. The zero-order valence-corrected chi connectivity index (χ0v) is 9.48. The van der Waals surface area contributed by atoms with E-state index in [1.807, 2.05) is 0 Å². The molecule has 0 radical (unpaired) electrons. The third-order valence-electron chi connectivity index (χ3n) is 1.68. The minimum Gasteiger partial charge on any atom is -0.264 e. The summed E-state index contributed by atoms with van der Waals surface area (Å²) in [6.07, 6.45) is 1.25. The number of hydrogen-bond donors (Lipinski definition) is 0. The van der Waals surface area contributed by atoms with Crippen molar-refractivity contribution < 1.29 is 18.1 Å². The lowest BCUT2D eigenvalue weighted by atomic mass is 10.4. The topological polar surface area (TPSA) is 68.7 Å². The van der Waals surface area contributed by atoms with Crippen molar-refractivity contribution in [1.29, 1.82) is 0 Å². The first-order valence-corrected chi connectivity index (χ1v) is 5.52. The molecule has 0 spiro atoms. The van der Waals surface area contributed by atoms with Crippen molar-refractivity contribution in [3.8, 4) is 0 Å². The summed E-state index contributed by atoms with van der Waals surface area (Å²) in [6.45, 7) is 1.76. The Hall–Kier alpha value is -1.02. The van der Waals surface area contributed by atoms with Gasteiger partial charge in [0, 0.05) is 11.9 Å². The minimum atomic E-state index is -3.79. The molecule has 0 bridgehead atoms. The van der Waals surface area contributed by atoms with E-state index in [0.29, 0.717) is 4.63 Å². The van der Waals surface area contributed by atoms with Crippen molar-refractivity contribution in [2.24, 2.45) is 0 Å². The van der Waals surface area contributed by atoms with Gasteiger partial charge in [-0.15, -0.1) is 0 Å². The van der Waals surface area contributed by atoms with Crippen LogP contribution in [0.4, 0.5) is 0 Å². The second-order valence-electron chi connectivity index (χ2n) is 2.70. The molecule has 15 heavy (non-hydrogen) atoms. The Morgan fingerprint density at radius 2 is 1.87 bits per heavy atom. The quantitative estimate of drug-likeness (QED) is 0.707. The lowest BCUT2D eigenvalue weighted by Crippen LogP contribution is -2.29. The highest BCUT2D eigenvalue weighted by atomic mass is 32.2. The van der Waals surface area contributed by atoms with E-state index in [-0.39, 0.29) is 4.90 Å². The van der Waals surface area contributed by atoms with Gasteiger partial charge in [-0.3, -0.25) is 14.7 Å². The van der Waals surface area contributed by atoms with E-state index in [9.17, 15) is 8.42 Å². The van der Waals surface area contributed by atoms with E-state index in [1.54, 1.807) is 13.0 Å². The van der Waals surface area contributed by atoms with Crippen molar-refractivity contribution >= 4 is 10.0 Å². The molecule has 0 unspecified atom stereocenters. The lowest BCUT2D eigenvalue weighted by Gasteiger charge is -2.15. The maximum absolute atomic E-state index is 11.7. The molecule has 1 aromatic rings. The van der Waals surface area contributed by atoms with Crippen LogP contribution < -0.4 is 0 Å². The van der Waals surface area contributed by atoms with Gasteiger partial charge in [0.15, 0.2) is 0 Å². The van der Waals surface area contributed by atoms with E-state index >= 15 is 0 Å². The number of nitrogens with zero attached hydrogens (tertiary/aromatic N) is 2. The summed E-state index contributed by atoms with van der Waals surface area (Å²) < 4.78 is 23.9. The fraction of sp³-hybridized carbons (Fsp3) is 0.375. The Morgan fingerprint density at radius 3 is 2.27 bits per heavy atom. The first-order valence-electron chi connectivity index (χ1n) is 4.08. The zero-order chi connectivity index (χ0) is 11.5. The van der Waals surface area contributed by atoms with Crippen LogP contribution in [-0.2, 0) is 19.7 Å². The van der Waals surface area contributed by atoms with Crippen molar-refractivity contribution in [2.75, 3.05) is 14.2 Å². The second-order valence-corrected chi connectivity index (χ2v) is 4.42. The normalized spacial score (nSPS) is 12.0. The number of sulfonamides is 1. The Bertz CT molecular complexity index is 411. The van der Waals surface area contributed by atoms with Crippen LogP contribution in [0, 0.1) is 6.92 Å². The maximum Gasteiger partial charge on any atom is 0.290 e. The Morgan fingerprint density at radius 1 is 1.27 bits per heavy atom. The molecule has 0 aliphatic rings. The molecule has 7 heteroatoms. The van der Waals surface area contributed by atoms with E-state index in [1.165, 1.54) is 26.5 Å². The predicted molar refractivity (Wildman–Crippen MR) is 52.0 cm³/mol. The molecule has 6 nitrogen and oxygen atoms in total. The van der Waals surface area contributed by atoms with Crippen LogP contribution in [0.3, 0.4) is 0 Å². The van der Waals surface area contributed by atoms with Gasteiger partial charge >= 0.3 is 0 Å². The molecule has 1 rings (SSSR count). The van der Waals surface area contributed by atoms with E-state index < -0.39 is 10.0 Å². The molecule has 0 amide bonds. The van der Waals surface area contributed by atoms with Crippen molar-refractivity contribution in [3.63, 3.8) is 0 Å². The van der Waals surface area contributed by atoms with Crippen molar-refractivity contribution in [3.05, 3.63) is 24.0 Å². The fourth-order valence-electron chi connectivity index (χ4n) is 0.964. The predicted octanol–water partition coefficient (Wildman–Crippen LogP) is 0.504. The van der Waals surface area contributed by atoms with Crippen LogP contribution in [0.1, 0.15) is 5.69 Å². The van der Waals surface area contributed by atoms with Crippen LogP contribution in [0.15, 0.2) is 23.2 Å². The van der Waals surface area contributed by atoms with Gasteiger partial charge in [0.05, 0.1) is 18.9 Å². The number of hydrogen-bond acceptors (Lipinski definition) is 5. The van der Waals surface area contributed by atoms with E-state index in [4.69, 9.17) is 0 Å². The van der Waals surface area contributed by atoms with Gasteiger partial charge in [-0.2, -0.15) is 0 Å². The highest BCUT2D eigenvalue weighted by molar-refractivity contribution is 7.88. The average molecular weight is 232 g/mol.